The number of benzene rings is 1. The van der Waals surface area contributed by atoms with E-state index in [4.69, 9.17) is 0 Å². The molecule has 4 atom stereocenters. The summed E-state index contributed by atoms with van der Waals surface area (Å²) in [6.45, 7) is 1.15. The van der Waals surface area contributed by atoms with Gasteiger partial charge in [-0.05, 0) is 31.4 Å². The summed E-state index contributed by atoms with van der Waals surface area (Å²) in [5, 5.41) is 14.2. The molecule has 0 aromatic heterocycles. The number of nitrogens with zero attached hydrogens (tertiary/aromatic N) is 2. The average molecular weight is 401 g/mol. The molecule has 3 N–H and O–H groups in total. The molecular formula is C20H27N5O4. The van der Waals surface area contributed by atoms with Crippen LogP contribution in [0.4, 0.5) is 0 Å². The number of carbonyl (C=O) groups is 2. The molecule has 0 radical (unpaired) electrons. The summed E-state index contributed by atoms with van der Waals surface area (Å²) >= 11 is 0. The van der Waals surface area contributed by atoms with Gasteiger partial charge in [-0.15, -0.1) is 0 Å². The molecule has 2 amide bonds. The summed E-state index contributed by atoms with van der Waals surface area (Å²) in [5.41, 5.74) is 6.89. The second-order valence-corrected chi connectivity index (χ2v) is 8.23. The first kappa shape index (κ1) is 19.8. The van der Waals surface area contributed by atoms with Crippen LogP contribution in [0, 0.1) is 16.0 Å². The molecule has 156 valence electrons. The third-order valence-electron chi connectivity index (χ3n) is 6.47. The Labute approximate surface area is 169 Å². The van der Waals surface area contributed by atoms with E-state index in [0.29, 0.717) is 50.8 Å². The number of nitrogens with one attached hydrogen (secondary N) is 3. The molecule has 0 spiro atoms. The lowest BCUT2D eigenvalue weighted by molar-refractivity contribution is -0.528. The summed E-state index contributed by atoms with van der Waals surface area (Å²) in [4.78, 5) is 38.2. The molecule has 9 nitrogen and oxygen atoms in total. The lowest BCUT2D eigenvalue weighted by atomic mass is 9.79. The van der Waals surface area contributed by atoms with E-state index in [-0.39, 0.29) is 34.7 Å². The molecule has 2 saturated heterocycles. The first-order valence-corrected chi connectivity index (χ1v) is 10.3. The van der Waals surface area contributed by atoms with Crippen LogP contribution in [-0.2, 0) is 4.79 Å². The predicted octanol–water partition coefficient (Wildman–Crippen LogP) is 0.698. The van der Waals surface area contributed by atoms with E-state index in [2.05, 4.69) is 16.2 Å². The van der Waals surface area contributed by atoms with E-state index in [0.717, 1.165) is 0 Å². The minimum Gasteiger partial charge on any atom is -0.349 e. The first-order valence-electron chi connectivity index (χ1n) is 10.3. The van der Waals surface area contributed by atoms with E-state index in [1.165, 1.54) is 0 Å². The molecular weight excluding hydrogens is 374 g/mol. The molecule has 4 rings (SSSR count). The topological polar surface area (TPSA) is 117 Å². The first-order chi connectivity index (χ1) is 14.0. The standard InChI is InChI=1S/C20H27N5O4/c26-19(13-4-2-1-3-5-13)21-14-8-10-24(11-9-14)20(27)18-16-12-15(25(28)29)6-7-17(16)22-23-18/h1-5,14-18,22-23H,6-12H2,(H,21,26). The Balaban J connectivity index is 1.30. The molecule has 1 saturated carbocycles. The number of nitro groups is 1. The van der Waals surface area contributed by atoms with Crippen molar-refractivity contribution in [3.63, 3.8) is 0 Å². The lowest BCUT2D eigenvalue weighted by Gasteiger charge is -2.35. The van der Waals surface area contributed by atoms with Crippen LogP contribution in [0.3, 0.4) is 0 Å². The van der Waals surface area contributed by atoms with Crippen LogP contribution in [0.5, 0.6) is 0 Å². The predicted molar refractivity (Wildman–Crippen MR) is 105 cm³/mol. The third kappa shape index (κ3) is 4.25. The fourth-order valence-electron chi connectivity index (χ4n) is 4.77. The highest BCUT2D eigenvalue weighted by Gasteiger charge is 2.47. The van der Waals surface area contributed by atoms with Crippen molar-refractivity contribution < 1.29 is 14.5 Å². The van der Waals surface area contributed by atoms with Gasteiger partial charge in [-0.3, -0.25) is 25.1 Å². The zero-order valence-electron chi connectivity index (χ0n) is 16.3. The molecule has 1 aromatic rings. The number of hydrogen-bond acceptors (Lipinski definition) is 6. The number of fused-ring (bicyclic) bond motifs is 1. The normalized spacial score (nSPS) is 29.9. The second kappa shape index (κ2) is 8.46. The molecule has 9 heteroatoms. The summed E-state index contributed by atoms with van der Waals surface area (Å²) in [7, 11) is 0. The number of carbonyl (C=O) groups excluding carboxylic acids is 2. The van der Waals surface area contributed by atoms with Crippen LogP contribution in [0.25, 0.3) is 0 Å². The Morgan fingerprint density at radius 2 is 1.79 bits per heavy atom. The molecule has 4 unspecified atom stereocenters. The van der Waals surface area contributed by atoms with Crippen molar-refractivity contribution >= 4 is 11.8 Å². The minimum absolute atomic E-state index is 0.00170. The molecule has 0 bridgehead atoms. The number of amides is 2. The quantitative estimate of drug-likeness (QED) is 0.505. The van der Waals surface area contributed by atoms with Gasteiger partial charge in [0, 0.05) is 54.4 Å². The van der Waals surface area contributed by atoms with Gasteiger partial charge in [-0.1, -0.05) is 18.2 Å². The van der Waals surface area contributed by atoms with Crippen molar-refractivity contribution in [2.45, 2.75) is 56.3 Å². The zero-order chi connectivity index (χ0) is 20.4. The lowest BCUT2D eigenvalue weighted by Crippen LogP contribution is -2.53. The number of hydrazine groups is 1. The van der Waals surface area contributed by atoms with Gasteiger partial charge in [0.15, 0.2) is 0 Å². The Morgan fingerprint density at radius 1 is 1.07 bits per heavy atom. The Bertz CT molecular complexity index is 765. The number of likely N-dealkylation sites (tertiary alicyclic amines) is 1. The Kier molecular flexibility index (Phi) is 5.77. The Hall–Kier alpha value is -2.52. The van der Waals surface area contributed by atoms with Gasteiger partial charge in [0.25, 0.3) is 5.91 Å². The Morgan fingerprint density at radius 3 is 2.48 bits per heavy atom. The molecule has 1 aliphatic carbocycles. The molecule has 1 aromatic carbocycles. The van der Waals surface area contributed by atoms with Crippen molar-refractivity contribution in [1.82, 2.24) is 21.1 Å². The van der Waals surface area contributed by atoms with Crippen LogP contribution in [0.1, 0.15) is 42.5 Å². The van der Waals surface area contributed by atoms with Gasteiger partial charge in [0.1, 0.15) is 6.04 Å². The molecule has 3 aliphatic rings. The number of hydrogen-bond donors (Lipinski definition) is 3. The highest BCUT2D eigenvalue weighted by molar-refractivity contribution is 5.94. The fraction of sp³-hybridized carbons (Fsp3) is 0.600. The van der Waals surface area contributed by atoms with Crippen molar-refractivity contribution in [1.29, 1.82) is 0 Å². The SMILES string of the molecule is O=C(NC1CCN(C(=O)C2NNC3CCC([N+](=O)[O-])CC32)CC1)c1ccccc1. The molecule has 2 heterocycles. The zero-order valence-corrected chi connectivity index (χ0v) is 16.3. The summed E-state index contributed by atoms with van der Waals surface area (Å²) in [5.74, 6) is -0.142. The summed E-state index contributed by atoms with van der Waals surface area (Å²) in [6, 6.07) is 8.28. The van der Waals surface area contributed by atoms with Crippen LogP contribution in [0.15, 0.2) is 30.3 Å². The van der Waals surface area contributed by atoms with Crippen molar-refractivity contribution in [3.05, 3.63) is 46.0 Å². The van der Waals surface area contributed by atoms with E-state index < -0.39 is 12.1 Å². The van der Waals surface area contributed by atoms with Gasteiger partial charge < -0.3 is 10.2 Å². The smallest absolute Gasteiger partial charge is 0.251 e. The second-order valence-electron chi connectivity index (χ2n) is 8.23. The summed E-state index contributed by atoms with van der Waals surface area (Å²) in [6.07, 6.45) is 3.10. The van der Waals surface area contributed by atoms with Gasteiger partial charge in [0.2, 0.25) is 11.9 Å². The van der Waals surface area contributed by atoms with Crippen LogP contribution < -0.4 is 16.2 Å². The molecule has 2 aliphatic heterocycles. The van der Waals surface area contributed by atoms with Gasteiger partial charge in [0.05, 0.1) is 0 Å². The molecule has 29 heavy (non-hydrogen) atoms. The summed E-state index contributed by atoms with van der Waals surface area (Å²) < 4.78 is 0. The maximum atomic E-state index is 13.0. The van der Waals surface area contributed by atoms with Crippen molar-refractivity contribution in [2.75, 3.05) is 13.1 Å². The maximum Gasteiger partial charge on any atom is 0.251 e. The van der Waals surface area contributed by atoms with E-state index in [9.17, 15) is 19.7 Å². The van der Waals surface area contributed by atoms with Crippen LogP contribution in [-0.4, -0.2) is 58.9 Å². The highest BCUT2D eigenvalue weighted by Crippen LogP contribution is 2.32. The van der Waals surface area contributed by atoms with E-state index in [1.54, 1.807) is 12.1 Å². The third-order valence-corrected chi connectivity index (χ3v) is 6.47. The van der Waals surface area contributed by atoms with Crippen molar-refractivity contribution in [2.24, 2.45) is 5.92 Å². The monoisotopic (exact) mass is 401 g/mol. The van der Waals surface area contributed by atoms with Gasteiger partial charge in [-0.25, -0.2) is 5.43 Å². The number of rotatable bonds is 4. The maximum absolute atomic E-state index is 13.0. The highest BCUT2D eigenvalue weighted by atomic mass is 16.6. The molecule has 3 fully saturated rings. The minimum atomic E-state index is -0.563. The van der Waals surface area contributed by atoms with Gasteiger partial charge >= 0.3 is 0 Å². The van der Waals surface area contributed by atoms with E-state index in [1.807, 2.05) is 23.1 Å². The number of piperidine rings is 1. The fourth-order valence-corrected chi connectivity index (χ4v) is 4.77. The largest absolute Gasteiger partial charge is 0.349 e. The van der Waals surface area contributed by atoms with Crippen LogP contribution in [0.2, 0.25) is 0 Å². The van der Waals surface area contributed by atoms with Gasteiger partial charge in [-0.2, -0.15) is 0 Å². The van der Waals surface area contributed by atoms with E-state index >= 15 is 0 Å². The van der Waals surface area contributed by atoms with Crippen LogP contribution >= 0.6 is 0 Å². The van der Waals surface area contributed by atoms with Crippen molar-refractivity contribution in [3.8, 4) is 0 Å². The average Bonchev–Trinajstić information content (AvgIpc) is 3.17.